The highest BCUT2D eigenvalue weighted by Crippen LogP contribution is 2.25. The van der Waals surface area contributed by atoms with Crippen molar-refractivity contribution in [2.24, 2.45) is 0 Å². The van der Waals surface area contributed by atoms with Crippen molar-refractivity contribution in [2.75, 3.05) is 39.9 Å². The maximum atomic E-state index is 5.13. The second-order valence-corrected chi connectivity index (χ2v) is 4.44. The zero-order valence-electron chi connectivity index (χ0n) is 10.5. The van der Waals surface area contributed by atoms with Gasteiger partial charge in [0, 0.05) is 45.4 Å². The van der Waals surface area contributed by atoms with Crippen LogP contribution >= 0.6 is 0 Å². The third-order valence-electron chi connectivity index (χ3n) is 3.78. The van der Waals surface area contributed by atoms with Crippen molar-refractivity contribution in [3.05, 3.63) is 0 Å². The van der Waals surface area contributed by atoms with Crippen molar-refractivity contribution in [3.8, 4) is 0 Å². The third kappa shape index (κ3) is 3.16. The molecule has 15 heavy (non-hydrogen) atoms. The number of piperazine rings is 1. The first-order valence-corrected chi connectivity index (χ1v) is 6.23. The van der Waals surface area contributed by atoms with E-state index in [-0.39, 0.29) is 0 Å². The van der Waals surface area contributed by atoms with Gasteiger partial charge < -0.3 is 10.1 Å². The van der Waals surface area contributed by atoms with E-state index in [0.29, 0.717) is 5.54 Å². The number of nitrogens with one attached hydrogen (secondary N) is 1. The van der Waals surface area contributed by atoms with Crippen LogP contribution in [0.1, 0.15) is 33.1 Å². The summed E-state index contributed by atoms with van der Waals surface area (Å²) in [7, 11) is 1.78. The molecule has 1 fully saturated rings. The molecule has 0 aromatic rings. The van der Waals surface area contributed by atoms with Crippen molar-refractivity contribution in [2.45, 2.75) is 38.6 Å². The Morgan fingerprint density at radius 2 is 2.07 bits per heavy atom. The van der Waals surface area contributed by atoms with Gasteiger partial charge in [-0.25, -0.2) is 0 Å². The Balaban J connectivity index is 2.48. The number of hydrogen-bond acceptors (Lipinski definition) is 3. The van der Waals surface area contributed by atoms with Gasteiger partial charge in [0.05, 0.1) is 0 Å². The van der Waals surface area contributed by atoms with Crippen LogP contribution in [0, 0.1) is 0 Å². The van der Waals surface area contributed by atoms with E-state index in [2.05, 4.69) is 24.1 Å². The monoisotopic (exact) mass is 214 g/mol. The Morgan fingerprint density at radius 1 is 1.33 bits per heavy atom. The lowest BCUT2D eigenvalue weighted by atomic mass is 9.88. The van der Waals surface area contributed by atoms with Crippen LogP contribution in [0.5, 0.6) is 0 Å². The van der Waals surface area contributed by atoms with E-state index in [4.69, 9.17) is 4.74 Å². The molecule has 0 saturated carbocycles. The van der Waals surface area contributed by atoms with Gasteiger partial charge in [0.2, 0.25) is 0 Å². The van der Waals surface area contributed by atoms with Crippen LogP contribution in [-0.2, 0) is 4.74 Å². The molecule has 90 valence electrons. The standard InChI is InChI=1S/C12H26N2O/c1-4-12(5-2)11-13-7-9-14(12)8-6-10-15-3/h13H,4-11H2,1-3H3. The van der Waals surface area contributed by atoms with Gasteiger partial charge in [-0.2, -0.15) is 0 Å². The minimum atomic E-state index is 0.395. The summed E-state index contributed by atoms with van der Waals surface area (Å²) in [6.07, 6.45) is 3.63. The molecule has 0 bridgehead atoms. The van der Waals surface area contributed by atoms with Crippen LogP contribution in [0.25, 0.3) is 0 Å². The summed E-state index contributed by atoms with van der Waals surface area (Å²) in [5.41, 5.74) is 0.395. The lowest BCUT2D eigenvalue weighted by Gasteiger charge is -2.47. The summed E-state index contributed by atoms with van der Waals surface area (Å²) in [6, 6.07) is 0. The number of nitrogens with zero attached hydrogens (tertiary/aromatic N) is 1. The fraction of sp³-hybridized carbons (Fsp3) is 1.00. The molecule has 1 N–H and O–H groups in total. The fourth-order valence-corrected chi connectivity index (χ4v) is 2.58. The quantitative estimate of drug-likeness (QED) is 0.678. The maximum Gasteiger partial charge on any atom is 0.0474 e. The Kier molecular flexibility index (Phi) is 5.58. The average molecular weight is 214 g/mol. The first-order chi connectivity index (χ1) is 7.29. The maximum absolute atomic E-state index is 5.13. The molecule has 0 spiro atoms. The van der Waals surface area contributed by atoms with Gasteiger partial charge in [0.1, 0.15) is 0 Å². The van der Waals surface area contributed by atoms with Crippen LogP contribution in [-0.4, -0.2) is 50.3 Å². The minimum absolute atomic E-state index is 0.395. The Labute approximate surface area is 94.2 Å². The second kappa shape index (κ2) is 6.46. The molecule has 1 aliphatic heterocycles. The van der Waals surface area contributed by atoms with Crippen LogP contribution in [0.4, 0.5) is 0 Å². The number of ether oxygens (including phenoxy) is 1. The van der Waals surface area contributed by atoms with Gasteiger partial charge in [-0.3, -0.25) is 4.90 Å². The van der Waals surface area contributed by atoms with Crippen molar-refractivity contribution >= 4 is 0 Å². The molecule has 1 aliphatic rings. The normalized spacial score (nSPS) is 21.8. The van der Waals surface area contributed by atoms with Crippen molar-refractivity contribution < 1.29 is 4.74 Å². The van der Waals surface area contributed by atoms with Crippen molar-refractivity contribution in [3.63, 3.8) is 0 Å². The molecule has 1 heterocycles. The van der Waals surface area contributed by atoms with Crippen LogP contribution in [0.15, 0.2) is 0 Å². The lowest BCUT2D eigenvalue weighted by Crippen LogP contribution is -2.60. The van der Waals surface area contributed by atoms with Crippen LogP contribution in [0.2, 0.25) is 0 Å². The molecule has 1 saturated heterocycles. The number of rotatable bonds is 6. The molecule has 0 aliphatic carbocycles. The number of methoxy groups -OCH3 is 1. The van der Waals surface area contributed by atoms with Crippen molar-refractivity contribution in [1.29, 1.82) is 0 Å². The van der Waals surface area contributed by atoms with Gasteiger partial charge >= 0.3 is 0 Å². The summed E-state index contributed by atoms with van der Waals surface area (Å²) < 4.78 is 5.13. The molecular formula is C12H26N2O. The summed E-state index contributed by atoms with van der Waals surface area (Å²) >= 11 is 0. The van der Waals surface area contributed by atoms with E-state index < -0.39 is 0 Å². The Hall–Kier alpha value is -0.120. The molecule has 0 unspecified atom stereocenters. The molecule has 0 atom stereocenters. The first-order valence-electron chi connectivity index (χ1n) is 6.23. The molecule has 0 aromatic heterocycles. The molecule has 3 heteroatoms. The van der Waals surface area contributed by atoms with E-state index in [0.717, 1.165) is 26.1 Å². The first kappa shape index (κ1) is 12.9. The summed E-state index contributed by atoms with van der Waals surface area (Å²) in [5.74, 6) is 0. The molecule has 0 radical (unpaired) electrons. The topological polar surface area (TPSA) is 24.5 Å². The SMILES string of the molecule is CCC1(CC)CNCCN1CCCOC. The van der Waals surface area contributed by atoms with E-state index in [1.807, 2.05) is 0 Å². The highest BCUT2D eigenvalue weighted by atomic mass is 16.5. The summed E-state index contributed by atoms with van der Waals surface area (Å²) in [5, 5.41) is 3.52. The van der Waals surface area contributed by atoms with Crippen LogP contribution < -0.4 is 5.32 Å². The highest BCUT2D eigenvalue weighted by Gasteiger charge is 2.34. The van der Waals surface area contributed by atoms with Crippen LogP contribution in [0.3, 0.4) is 0 Å². The molecule has 0 aromatic carbocycles. The minimum Gasteiger partial charge on any atom is -0.385 e. The molecular weight excluding hydrogens is 188 g/mol. The van der Waals surface area contributed by atoms with E-state index >= 15 is 0 Å². The second-order valence-electron chi connectivity index (χ2n) is 4.44. The van der Waals surface area contributed by atoms with Gasteiger partial charge in [-0.1, -0.05) is 13.8 Å². The van der Waals surface area contributed by atoms with E-state index in [1.54, 1.807) is 7.11 Å². The van der Waals surface area contributed by atoms with E-state index in [9.17, 15) is 0 Å². The predicted octanol–water partition coefficient (Wildman–Crippen LogP) is 1.49. The largest absolute Gasteiger partial charge is 0.385 e. The van der Waals surface area contributed by atoms with Crippen molar-refractivity contribution in [1.82, 2.24) is 10.2 Å². The van der Waals surface area contributed by atoms with Gasteiger partial charge in [0.25, 0.3) is 0 Å². The van der Waals surface area contributed by atoms with Gasteiger partial charge in [0.15, 0.2) is 0 Å². The van der Waals surface area contributed by atoms with Gasteiger partial charge in [-0.15, -0.1) is 0 Å². The highest BCUT2D eigenvalue weighted by molar-refractivity contribution is 4.93. The molecule has 1 rings (SSSR count). The predicted molar refractivity (Wildman–Crippen MR) is 64.2 cm³/mol. The number of hydrogen-bond donors (Lipinski definition) is 1. The molecule has 0 amide bonds. The zero-order valence-corrected chi connectivity index (χ0v) is 10.5. The molecule has 3 nitrogen and oxygen atoms in total. The zero-order chi connectivity index (χ0) is 11.1. The van der Waals surface area contributed by atoms with E-state index in [1.165, 1.54) is 25.9 Å². The Morgan fingerprint density at radius 3 is 2.67 bits per heavy atom. The lowest BCUT2D eigenvalue weighted by molar-refractivity contribution is 0.0438. The smallest absolute Gasteiger partial charge is 0.0474 e. The summed E-state index contributed by atoms with van der Waals surface area (Å²) in [6.45, 7) is 10.1. The fourth-order valence-electron chi connectivity index (χ4n) is 2.58. The summed E-state index contributed by atoms with van der Waals surface area (Å²) in [4.78, 5) is 2.66. The average Bonchev–Trinajstić information content (AvgIpc) is 2.30. The Bertz CT molecular complexity index is 169. The third-order valence-corrected chi connectivity index (χ3v) is 3.78. The van der Waals surface area contributed by atoms with Gasteiger partial charge in [-0.05, 0) is 19.3 Å².